The maximum atomic E-state index is 10.9. The highest BCUT2D eigenvalue weighted by Crippen LogP contribution is 2.40. The molecule has 0 unspecified atom stereocenters. The molecule has 1 aromatic heterocycles. The van der Waals surface area contributed by atoms with E-state index in [0.717, 1.165) is 0 Å². The molecule has 7 heteroatoms. The molecule has 2 N–H and O–H groups in total. The number of aromatic nitrogens is 2. The van der Waals surface area contributed by atoms with E-state index in [1.807, 2.05) is 0 Å². The molecule has 20 heavy (non-hydrogen) atoms. The number of aromatic amines is 1. The van der Waals surface area contributed by atoms with E-state index in [0.29, 0.717) is 28.5 Å². The molecule has 0 bridgehead atoms. The minimum Gasteiger partial charge on any atom is -0.497 e. The second-order valence-corrected chi connectivity index (χ2v) is 3.88. The molecule has 1 heterocycles. The molecule has 0 radical (unpaired) electrons. The largest absolute Gasteiger partial charge is 0.497 e. The van der Waals surface area contributed by atoms with Gasteiger partial charge in [-0.3, -0.25) is 5.10 Å². The summed E-state index contributed by atoms with van der Waals surface area (Å²) in [7, 11) is 4.53. The molecule has 0 saturated heterocycles. The minimum atomic E-state index is -1.09. The highest BCUT2D eigenvalue weighted by Gasteiger charge is 2.18. The molecular weight excluding hydrogens is 264 g/mol. The molecule has 2 rings (SSSR count). The van der Waals surface area contributed by atoms with Crippen LogP contribution in [0.3, 0.4) is 0 Å². The molecular formula is C13H14N2O5. The molecule has 0 atom stereocenters. The Morgan fingerprint density at radius 2 is 1.90 bits per heavy atom. The number of rotatable bonds is 5. The Bertz CT molecular complexity index is 636. The SMILES string of the molecule is COc1cc(OC)c(OC)c(-c2cc(C(=O)O)[nH]n2)c1. The van der Waals surface area contributed by atoms with Crippen LogP contribution in [-0.2, 0) is 0 Å². The van der Waals surface area contributed by atoms with Crippen molar-refractivity contribution in [1.29, 1.82) is 0 Å². The molecule has 0 aliphatic heterocycles. The number of nitrogens with one attached hydrogen (secondary N) is 1. The number of carbonyl (C=O) groups is 1. The van der Waals surface area contributed by atoms with E-state index in [4.69, 9.17) is 19.3 Å². The predicted molar refractivity (Wildman–Crippen MR) is 70.6 cm³/mol. The monoisotopic (exact) mass is 278 g/mol. The summed E-state index contributed by atoms with van der Waals surface area (Å²) in [5.41, 5.74) is 0.993. The van der Waals surface area contributed by atoms with Crippen LogP contribution >= 0.6 is 0 Å². The third kappa shape index (κ3) is 2.37. The number of H-pyrrole nitrogens is 1. The van der Waals surface area contributed by atoms with Gasteiger partial charge in [-0.25, -0.2) is 4.79 Å². The first-order valence-electron chi connectivity index (χ1n) is 5.69. The lowest BCUT2D eigenvalue weighted by atomic mass is 10.1. The van der Waals surface area contributed by atoms with Crippen LogP contribution in [0.1, 0.15) is 10.5 Å². The summed E-state index contributed by atoms with van der Waals surface area (Å²) in [6.45, 7) is 0. The van der Waals surface area contributed by atoms with E-state index in [1.54, 1.807) is 12.1 Å². The van der Waals surface area contributed by atoms with Crippen LogP contribution in [-0.4, -0.2) is 42.6 Å². The number of ether oxygens (including phenoxy) is 3. The standard InChI is InChI=1S/C13H14N2O5/c1-18-7-4-8(12(20-3)11(5-7)19-2)9-6-10(13(16)17)15-14-9/h4-6H,1-3H3,(H,14,15)(H,16,17). The van der Waals surface area contributed by atoms with E-state index in [1.165, 1.54) is 27.4 Å². The summed E-state index contributed by atoms with van der Waals surface area (Å²) in [6, 6.07) is 4.79. The van der Waals surface area contributed by atoms with Crippen LogP contribution in [0.4, 0.5) is 0 Å². The van der Waals surface area contributed by atoms with Gasteiger partial charge in [-0.1, -0.05) is 0 Å². The van der Waals surface area contributed by atoms with Crippen molar-refractivity contribution in [2.24, 2.45) is 0 Å². The fourth-order valence-corrected chi connectivity index (χ4v) is 1.82. The van der Waals surface area contributed by atoms with Gasteiger partial charge in [-0.2, -0.15) is 5.10 Å². The molecule has 0 aliphatic carbocycles. The average Bonchev–Trinajstić information content (AvgIpc) is 2.95. The Labute approximate surface area is 115 Å². The fraction of sp³-hybridized carbons (Fsp3) is 0.231. The Morgan fingerprint density at radius 1 is 1.15 bits per heavy atom. The summed E-state index contributed by atoms with van der Waals surface area (Å²) < 4.78 is 15.7. The van der Waals surface area contributed by atoms with Crippen LogP contribution in [0.2, 0.25) is 0 Å². The summed E-state index contributed by atoms with van der Waals surface area (Å²) in [5, 5.41) is 15.3. The zero-order valence-corrected chi connectivity index (χ0v) is 11.3. The third-order valence-electron chi connectivity index (χ3n) is 2.77. The molecule has 0 amide bonds. The first-order valence-corrected chi connectivity index (χ1v) is 5.69. The molecule has 1 aromatic carbocycles. The number of benzene rings is 1. The van der Waals surface area contributed by atoms with Gasteiger partial charge in [0.05, 0.1) is 32.6 Å². The Morgan fingerprint density at radius 3 is 2.40 bits per heavy atom. The number of carboxylic acid groups (broad SMARTS) is 1. The van der Waals surface area contributed by atoms with Crippen molar-refractivity contribution < 1.29 is 24.1 Å². The van der Waals surface area contributed by atoms with E-state index < -0.39 is 5.97 Å². The first kappa shape index (κ1) is 13.7. The second-order valence-electron chi connectivity index (χ2n) is 3.88. The number of carboxylic acids is 1. The summed E-state index contributed by atoms with van der Waals surface area (Å²) in [6.07, 6.45) is 0. The number of methoxy groups -OCH3 is 3. The molecule has 106 valence electrons. The van der Waals surface area contributed by atoms with Crippen LogP contribution in [0.25, 0.3) is 11.3 Å². The van der Waals surface area contributed by atoms with Gasteiger partial charge in [0.2, 0.25) is 0 Å². The molecule has 0 fully saturated rings. The first-order chi connectivity index (χ1) is 9.60. The number of hydrogen-bond donors (Lipinski definition) is 2. The van der Waals surface area contributed by atoms with Crippen LogP contribution in [0.5, 0.6) is 17.2 Å². The quantitative estimate of drug-likeness (QED) is 0.866. The van der Waals surface area contributed by atoms with Crippen molar-refractivity contribution in [3.63, 3.8) is 0 Å². The Kier molecular flexibility index (Phi) is 3.79. The maximum absolute atomic E-state index is 10.9. The zero-order valence-electron chi connectivity index (χ0n) is 11.3. The molecule has 2 aromatic rings. The average molecular weight is 278 g/mol. The smallest absolute Gasteiger partial charge is 0.353 e. The summed E-state index contributed by atoms with van der Waals surface area (Å²) >= 11 is 0. The highest BCUT2D eigenvalue weighted by molar-refractivity contribution is 5.87. The minimum absolute atomic E-state index is 0.0103. The van der Waals surface area contributed by atoms with Gasteiger partial charge in [0.15, 0.2) is 11.5 Å². The third-order valence-corrected chi connectivity index (χ3v) is 2.77. The van der Waals surface area contributed by atoms with Crippen molar-refractivity contribution in [2.75, 3.05) is 21.3 Å². The van der Waals surface area contributed by atoms with Crippen LogP contribution in [0.15, 0.2) is 18.2 Å². The van der Waals surface area contributed by atoms with Crippen molar-refractivity contribution in [1.82, 2.24) is 10.2 Å². The van der Waals surface area contributed by atoms with E-state index >= 15 is 0 Å². The normalized spacial score (nSPS) is 10.2. The van der Waals surface area contributed by atoms with Crippen LogP contribution in [0, 0.1) is 0 Å². The molecule has 0 saturated carbocycles. The number of hydrogen-bond acceptors (Lipinski definition) is 5. The fourth-order valence-electron chi connectivity index (χ4n) is 1.82. The summed E-state index contributed by atoms with van der Waals surface area (Å²) in [4.78, 5) is 10.9. The Hall–Kier alpha value is -2.70. The van der Waals surface area contributed by atoms with Crippen molar-refractivity contribution in [3.05, 3.63) is 23.9 Å². The van der Waals surface area contributed by atoms with Gasteiger partial charge >= 0.3 is 5.97 Å². The van der Waals surface area contributed by atoms with Crippen molar-refractivity contribution in [3.8, 4) is 28.5 Å². The van der Waals surface area contributed by atoms with Gasteiger partial charge in [-0.05, 0) is 12.1 Å². The second kappa shape index (κ2) is 5.52. The zero-order chi connectivity index (χ0) is 14.7. The van der Waals surface area contributed by atoms with E-state index in [2.05, 4.69) is 10.2 Å². The molecule has 0 aliphatic rings. The number of nitrogens with zero attached hydrogens (tertiary/aromatic N) is 1. The van der Waals surface area contributed by atoms with Crippen molar-refractivity contribution >= 4 is 5.97 Å². The van der Waals surface area contributed by atoms with Gasteiger partial charge < -0.3 is 19.3 Å². The molecule has 7 nitrogen and oxygen atoms in total. The lowest BCUT2D eigenvalue weighted by molar-refractivity contribution is 0.0690. The van der Waals surface area contributed by atoms with E-state index in [9.17, 15) is 4.79 Å². The maximum Gasteiger partial charge on any atom is 0.353 e. The lowest BCUT2D eigenvalue weighted by Crippen LogP contribution is -1.95. The Balaban J connectivity index is 2.60. The van der Waals surface area contributed by atoms with Crippen molar-refractivity contribution in [2.45, 2.75) is 0 Å². The van der Waals surface area contributed by atoms with Gasteiger partial charge in [0.25, 0.3) is 0 Å². The van der Waals surface area contributed by atoms with Gasteiger partial charge in [-0.15, -0.1) is 0 Å². The number of aromatic carboxylic acids is 1. The van der Waals surface area contributed by atoms with E-state index in [-0.39, 0.29) is 5.69 Å². The van der Waals surface area contributed by atoms with Gasteiger partial charge in [0.1, 0.15) is 11.4 Å². The van der Waals surface area contributed by atoms with Crippen LogP contribution < -0.4 is 14.2 Å². The lowest BCUT2D eigenvalue weighted by Gasteiger charge is -2.13. The predicted octanol–water partition coefficient (Wildman–Crippen LogP) is 1.80. The molecule has 0 spiro atoms. The highest BCUT2D eigenvalue weighted by atomic mass is 16.5. The topological polar surface area (TPSA) is 93.7 Å². The summed E-state index contributed by atoms with van der Waals surface area (Å²) in [5.74, 6) is 0.397. The van der Waals surface area contributed by atoms with Gasteiger partial charge in [0, 0.05) is 6.07 Å².